The van der Waals surface area contributed by atoms with E-state index in [0.29, 0.717) is 12.3 Å². The van der Waals surface area contributed by atoms with Crippen LogP contribution in [0.15, 0.2) is 35.3 Å². The average molecular weight is 220 g/mol. The van der Waals surface area contributed by atoms with E-state index in [-0.39, 0.29) is 6.61 Å². The number of benzene rings is 1. The van der Waals surface area contributed by atoms with Crippen LogP contribution in [-0.2, 0) is 0 Å². The molecule has 0 aromatic heterocycles. The number of rotatable bonds is 5. The SMILES string of the molecule is CN=CC=C(N)c1ccc(OCCO)cc1. The minimum Gasteiger partial charge on any atom is -0.491 e. The number of allylic oxidation sites excluding steroid dienone is 1. The highest BCUT2D eigenvalue weighted by molar-refractivity contribution is 5.83. The summed E-state index contributed by atoms with van der Waals surface area (Å²) in [7, 11) is 1.69. The van der Waals surface area contributed by atoms with Gasteiger partial charge in [0.25, 0.3) is 0 Å². The van der Waals surface area contributed by atoms with Gasteiger partial charge in [0, 0.05) is 19.0 Å². The Morgan fingerprint density at radius 2 is 2.12 bits per heavy atom. The Hall–Kier alpha value is -1.81. The summed E-state index contributed by atoms with van der Waals surface area (Å²) in [5, 5.41) is 8.60. The molecule has 16 heavy (non-hydrogen) atoms. The van der Waals surface area contributed by atoms with Gasteiger partial charge in [-0.3, -0.25) is 4.99 Å². The van der Waals surface area contributed by atoms with Crippen molar-refractivity contribution >= 4 is 11.9 Å². The summed E-state index contributed by atoms with van der Waals surface area (Å²) in [6.07, 6.45) is 3.38. The molecule has 0 aliphatic carbocycles. The van der Waals surface area contributed by atoms with E-state index in [9.17, 15) is 0 Å². The Morgan fingerprint density at radius 3 is 2.69 bits per heavy atom. The summed E-state index contributed by atoms with van der Waals surface area (Å²) in [6, 6.07) is 7.35. The number of aliphatic hydroxyl groups excluding tert-OH is 1. The number of nitrogens with zero attached hydrogens (tertiary/aromatic N) is 1. The Morgan fingerprint density at radius 1 is 1.44 bits per heavy atom. The van der Waals surface area contributed by atoms with Gasteiger partial charge in [0.15, 0.2) is 0 Å². The maximum Gasteiger partial charge on any atom is 0.119 e. The molecule has 0 spiro atoms. The van der Waals surface area contributed by atoms with Crippen molar-refractivity contribution in [1.82, 2.24) is 0 Å². The minimum atomic E-state index is 0.0107. The van der Waals surface area contributed by atoms with Crippen LogP contribution in [0, 0.1) is 0 Å². The normalized spacial score (nSPS) is 12.0. The van der Waals surface area contributed by atoms with Crippen molar-refractivity contribution in [3.8, 4) is 5.75 Å². The zero-order valence-electron chi connectivity index (χ0n) is 9.26. The van der Waals surface area contributed by atoms with Crippen molar-refractivity contribution in [3.05, 3.63) is 35.9 Å². The molecular weight excluding hydrogens is 204 g/mol. The number of nitrogens with two attached hydrogens (primary N) is 1. The molecule has 0 heterocycles. The standard InChI is InChI=1S/C12H16N2O2/c1-14-7-6-12(13)10-2-4-11(5-3-10)16-9-8-15/h2-7,15H,8-9,13H2,1H3. The summed E-state index contributed by atoms with van der Waals surface area (Å²) in [5.41, 5.74) is 7.39. The first-order chi connectivity index (χ1) is 7.77. The lowest BCUT2D eigenvalue weighted by Crippen LogP contribution is -2.02. The highest BCUT2D eigenvalue weighted by Crippen LogP contribution is 2.15. The lowest BCUT2D eigenvalue weighted by Gasteiger charge is -2.05. The first-order valence-corrected chi connectivity index (χ1v) is 5.00. The zero-order valence-corrected chi connectivity index (χ0v) is 9.26. The average Bonchev–Trinajstić information content (AvgIpc) is 2.34. The summed E-state index contributed by atoms with van der Waals surface area (Å²) >= 11 is 0. The number of hydrogen-bond acceptors (Lipinski definition) is 4. The topological polar surface area (TPSA) is 67.8 Å². The van der Waals surface area contributed by atoms with E-state index in [1.54, 1.807) is 19.3 Å². The van der Waals surface area contributed by atoms with E-state index in [1.807, 2.05) is 24.3 Å². The fourth-order valence-electron chi connectivity index (χ4n) is 1.16. The third-order valence-electron chi connectivity index (χ3n) is 1.95. The highest BCUT2D eigenvalue weighted by atomic mass is 16.5. The molecule has 0 amide bonds. The lowest BCUT2D eigenvalue weighted by atomic mass is 10.1. The van der Waals surface area contributed by atoms with Gasteiger partial charge in [-0.2, -0.15) is 0 Å². The molecule has 0 bridgehead atoms. The van der Waals surface area contributed by atoms with Gasteiger partial charge in [-0.25, -0.2) is 0 Å². The number of hydrogen-bond donors (Lipinski definition) is 2. The second kappa shape index (κ2) is 6.63. The Labute approximate surface area is 95.1 Å². The van der Waals surface area contributed by atoms with Crippen LogP contribution < -0.4 is 10.5 Å². The van der Waals surface area contributed by atoms with E-state index < -0.39 is 0 Å². The van der Waals surface area contributed by atoms with Gasteiger partial charge in [0.1, 0.15) is 12.4 Å². The van der Waals surface area contributed by atoms with Crippen molar-refractivity contribution in [2.45, 2.75) is 0 Å². The molecule has 0 unspecified atom stereocenters. The first-order valence-electron chi connectivity index (χ1n) is 5.00. The monoisotopic (exact) mass is 220 g/mol. The predicted octanol–water partition coefficient (Wildman–Crippen LogP) is 1.06. The van der Waals surface area contributed by atoms with Crippen LogP contribution >= 0.6 is 0 Å². The Kier molecular flexibility index (Phi) is 5.08. The molecule has 0 radical (unpaired) electrons. The molecule has 0 aliphatic rings. The van der Waals surface area contributed by atoms with Gasteiger partial charge in [-0.1, -0.05) is 0 Å². The van der Waals surface area contributed by atoms with Gasteiger partial charge in [-0.05, 0) is 35.9 Å². The second-order valence-corrected chi connectivity index (χ2v) is 3.13. The van der Waals surface area contributed by atoms with Crippen LogP contribution in [-0.4, -0.2) is 31.6 Å². The van der Waals surface area contributed by atoms with Crippen molar-refractivity contribution < 1.29 is 9.84 Å². The molecule has 1 aromatic rings. The molecule has 0 saturated heterocycles. The van der Waals surface area contributed by atoms with Crippen molar-refractivity contribution in [3.63, 3.8) is 0 Å². The zero-order chi connectivity index (χ0) is 11.8. The van der Waals surface area contributed by atoms with E-state index in [1.165, 1.54) is 0 Å². The van der Waals surface area contributed by atoms with Crippen LogP contribution in [0.2, 0.25) is 0 Å². The van der Waals surface area contributed by atoms with E-state index >= 15 is 0 Å². The molecular formula is C12H16N2O2. The molecule has 86 valence electrons. The molecule has 0 aliphatic heterocycles. The maximum atomic E-state index is 8.60. The molecule has 4 nitrogen and oxygen atoms in total. The third kappa shape index (κ3) is 3.74. The van der Waals surface area contributed by atoms with Gasteiger partial charge < -0.3 is 15.6 Å². The maximum absolute atomic E-state index is 8.60. The van der Waals surface area contributed by atoms with Crippen molar-refractivity contribution in [2.24, 2.45) is 10.7 Å². The van der Waals surface area contributed by atoms with Gasteiger partial charge in [-0.15, -0.1) is 0 Å². The quantitative estimate of drug-likeness (QED) is 0.729. The summed E-state index contributed by atoms with van der Waals surface area (Å²) in [6.45, 7) is 0.309. The van der Waals surface area contributed by atoms with E-state index in [0.717, 1.165) is 11.3 Å². The summed E-state index contributed by atoms with van der Waals surface area (Å²) < 4.78 is 5.23. The van der Waals surface area contributed by atoms with E-state index in [2.05, 4.69) is 4.99 Å². The molecule has 1 aromatic carbocycles. The molecule has 0 fully saturated rings. The molecule has 1 rings (SSSR count). The summed E-state index contributed by atoms with van der Waals surface area (Å²) in [5.74, 6) is 0.717. The van der Waals surface area contributed by atoms with Crippen LogP contribution in [0.4, 0.5) is 0 Å². The van der Waals surface area contributed by atoms with Crippen LogP contribution in [0.1, 0.15) is 5.56 Å². The third-order valence-corrected chi connectivity index (χ3v) is 1.95. The fraction of sp³-hybridized carbons (Fsp3) is 0.250. The largest absolute Gasteiger partial charge is 0.491 e. The predicted molar refractivity (Wildman–Crippen MR) is 65.6 cm³/mol. The number of aliphatic imine (C=N–C) groups is 1. The molecule has 3 N–H and O–H groups in total. The van der Waals surface area contributed by atoms with Gasteiger partial charge in [0.2, 0.25) is 0 Å². The van der Waals surface area contributed by atoms with Gasteiger partial charge in [0.05, 0.1) is 6.61 Å². The number of aliphatic hydroxyl groups is 1. The Balaban J connectivity index is 2.70. The van der Waals surface area contributed by atoms with Crippen molar-refractivity contribution in [1.29, 1.82) is 0 Å². The highest BCUT2D eigenvalue weighted by Gasteiger charge is 1.97. The van der Waals surface area contributed by atoms with Crippen LogP contribution in [0.25, 0.3) is 5.70 Å². The fourth-order valence-corrected chi connectivity index (χ4v) is 1.16. The first kappa shape index (κ1) is 12.3. The van der Waals surface area contributed by atoms with Crippen LogP contribution in [0.3, 0.4) is 0 Å². The van der Waals surface area contributed by atoms with Crippen LogP contribution in [0.5, 0.6) is 5.75 Å². The van der Waals surface area contributed by atoms with Crippen molar-refractivity contribution in [2.75, 3.05) is 20.3 Å². The lowest BCUT2D eigenvalue weighted by molar-refractivity contribution is 0.201. The molecule has 4 heteroatoms. The number of ether oxygens (including phenoxy) is 1. The smallest absolute Gasteiger partial charge is 0.119 e. The van der Waals surface area contributed by atoms with Gasteiger partial charge >= 0.3 is 0 Å². The minimum absolute atomic E-state index is 0.0107. The van der Waals surface area contributed by atoms with E-state index in [4.69, 9.17) is 15.6 Å². The molecule has 0 atom stereocenters. The Bertz CT molecular complexity index is 369. The summed E-state index contributed by atoms with van der Waals surface area (Å²) in [4.78, 5) is 3.83. The molecule has 0 saturated carbocycles. The second-order valence-electron chi connectivity index (χ2n) is 3.13.